The van der Waals surface area contributed by atoms with Crippen molar-refractivity contribution in [1.82, 2.24) is 9.38 Å². The van der Waals surface area contributed by atoms with E-state index in [0.717, 1.165) is 27.5 Å². The van der Waals surface area contributed by atoms with E-state index in [1.807, 2.05) is 77.6 Å². The quantitative estimate of drug-likeness (QED) is 0.572. The third kappa shape index (κ3) is 3.45. The van der Waals surface area contributed by atoms with Crippen molar-refractivity contribution in [2.75, 3.05) is 11.9 Å². The number of aryl methyl sites for hydroxylation is 1. The largest absolute Gasteiger partial charge is 0.484 e. The van der Waals surface area contributed by atoms with Crippen LogP contribution in [0.2, 0.25) is 0 Å². The SMILES string of the molecule is Cc1ccc(OCC(=O)Nc2ccccc2-c2cn3ccsc3n2)cc1. The number of para-hydroxylation sites is 1. The van der Waals surface area contributed by atoms with Crippen LogP contribution in [0, 0.1) is 6.92 Å². The lowest BCUT2D eigenvalue weighted by molar-refractivity contribution is -0.118. The summed E-state index contributed by atoms with van der Waals surface area (Å²) in [5.74, 6) is 0.465. The van der Waals surface area contributed by atoms with E-state index in [0.29, 0.717) is 5.75 Å². The molecule has 5 nitrogen and oxygen atoms in total. The Kier molecular flexibility index (Phi) is 4.41. The number of fused-ring (bicyclic) bond motifs is 1. The highest BCUT2D eigenvalue weighted by molar-refractivity contribution is 7.15. The van der Waals surface area contributed by atoms with Crippen LogP contribution in [0.25, 0.3) is 16.2 Å². The molecule has 0 saturated heterocycles. The molecule has 0 radical (unpaired) electrons. The molecule has 0 fully saturated rings. The number of amides is 1. The Balaban J connectivity index is 1.48. The summed E-state index contributed by atoms with van der Waals surface area (Å²) < 4.78 is 7.52. The van der Waals surface area contributed by atoms with Crippen molar-refractivity contribution < 1.29 is 9.53 Å². The van der Waals surface area contributed by atoms with Crippen molar-refractivity contribution >= 4 is 27.9 Å². The van der Waals surface area contributed by atoms with Crippen LogP contribution in [0.4, 0.5) is 5.69 Å². The van der Waals surface area contributed by atoms with E-state index in [-0.39, 0.29) is 12.5 Å². The molecule has 4 rings (SSSR count). The standard InChI is InChI=1S/C20H17N3O2S/c1-14-6-8-15(9-7-14)25-13-19(24)21-17-5-3-2-4-16(17)18-12-23-10-11-26-20(23)22-18/h2-12H,13H2,1H3,(H,21,24). The Labute approximate surface area is 154 Å². The summed E-state index contributed by atoms with van der Waals surface area (Å²) in [5.41, 5.74) is 3.57. The number of rotatable bonds is 5. The summed E-state index contributed by atoms with van der Waals surface area (Å²) in [4.78, 5) is 17.8. The third-order valence-corrected chi connectivity index (χ3v) is 4.73. The van der Waals surface area contributed by atoms with E-state index in [1.54, 1.807) is 11.3 Å². The Hall–Kier alpha value is -3.12. The Bertz CT molecular complexity index is 1020. The minimum atomic E-state index is -0.209. The summed E-state index contributed by atoms with van der Waals surface area (Å²) in [6.45, 7) is 1.96. The van der Waals surface area contributed by atoms with Gasteiger partial charge in [-0.25, -0.2) is 4.98 Å². The predicted octanol–water partition coefficient (Wildman–Crippen LogP) is 4.39. The van der Waals surface area contributed by atoms with Gasteiger partial charge in [0.25, 0.3) is 5.91 Å². The molecule has 2 aromatic carbocycles. The molecule has 0 aliphatic heterocycles. The van der Waals surface area contributed by atoms with Crippen LogP contribution in [0.3, 0.4) is 0 Å². The summed E-state index contributed by atoms with van der Waals surface area (Å²) in [6.07, 6.45) is 3.92. The summed E-state index contributed by atoms with van der Waals surface area (Å²) in [7, 11) is 0. The zero-order chi connectivity index (χ0) is 17.9. The molecule has 0 aliphatic carbocycles. The Morgan fingerprint density at radius 3 is 2.81 bits per heavy atom. The van der Waals surface area contributed by atoms with Crippen molar-refractivity contribution in [3.63, 3.8) is 0 Å². The van der Waals surface area contributed by atoms with Gasteiger partial charge in [-0.3, -0.25) is 9.20 Å². The summed E-state index contributed by atoms with van der Waals surface area (Å²) >= 11 is 1.57. The molecule has 2 heterocycles. The molecule has 0 saturated carbocycles. The van der Waals surface area contributed by atoms with Gasteiger partial charge in [0.1, 0.15) is 5.75 Å². The van der Waals surface area contributed by atoms with Gasteiger partial charge in [0.05, 0.1) is 11.4 Å². The average Bonchev–Trinajstić information content (AvgIpc) is 3.24. The van der Waals surface area contributed by atoms with Gasteiger partial charge in [0.15, 0.2) is 11.6 Å². The fourth-order valence-corrected chi connectivity index (χ4v) is 3.34. The van der Waals surface area contributed by atoms with Crippen LogP contribution in [-0.4, -0.2) is 21.9 Å². The van der Waals surface area contributed by atoms with Crippen molar-refractivity contribution in [1.29, 1.82) is 0 Å². The molecule has 6 heteroatoms. The molecular formula is C20H17N3O2S. The topological polar surface area (TPSA) is 55.6 Å². The molecule has 1 amide bonds. The zero-order valence-electron chi connectivity index (χ0n) is 14.2. The lowest BCUT2D eigenvalue weighted by atomic mass is 10.1. The van der Waals surface area contributed by atoms with Gasteiger partial charge in [-0.1, -0.05) is 35.9 Å². The Morgan fingerprint density at radius 2 is 2.00 bits per heavy atom. The van der Waals surface area contributed by atoms with E-state index < -0.39 is 0 Å². The lowest BCUT2D eigenvalue weighted by Crippen LogP contribution is -2.20. The molecule has 0 atom stereocenters. The maximum absolute atomic E-state index is 12.3. The molecule has 0 bridgehead atoms. The number of carbonyl (C=O) groups is 1. The molecule has 0 unspecified atom stereocenters. The third-order valence-electron chi connectivity index (χ3n) is 3.96. The monoisotopic (exact) mass is 363 g/mol. The van der Waals surface area contributed by atoms with Gasteiger partial charge >= 0.3 is 0 Å². The normalized spacial score (nSPS) is 10.8. The number of nitrogens with one attached hydrogen (secondary N) is 1. The second kappa shape index (κ2) is 7.01. The van der Waals surface area contributed by atoms with Crippen molar-refractivity contribution in [2.24, 2.45) is 0 Å². The predicted molar refractivity (Wildman–Crippen MR) is 104 cm³/mol. The minimum absolute atomic E-state index is 0.0460. The number of imidazole rings is 1. The molecule has 26 heavy (non-hydrogen) atoms. The van der Waals surface area contributed by atoms with Crippen LogP contribution < -0.4 is 10.1 Å². The highest BCUT2D eigenvalue weighted by atomic mass is 32.1. The lowest BCUT2D eigenvalue weighted by Gasteiger charge is -2.10. The van der Waals surface area contributed by atoms with Crippen LogP contribution in [-0.2, 0) is 4.79 Å². The second-order valence-corrected chi connectivity index (χ2v) is 6.79. The fraction of sp³-hybridized carbons (Fsp3) is 0.100. The first-order chi connectivity index (χ1) is 12.7. The number of nitrogens with zero attached hydrogens (tertiary/aromatic N) is 2. The van der Waals surface area contributed by atoms with E-state index in [1.165, 1.54) is 0 Å². The highest BCUT2D eigenvalue weighted by Crippen LogP contribution is 2.28. The first-order valence-corrected chi connectivity index (χ1v) is 9.08. The molecule has 2 aromatic heterocycles. The van der Waals surface area contributed by atoms with E-state index in [9.17, 15) is 4.79 Å². The maximum atomic E-state index is 12.3. The number of benzene rings is 2. The zero-order valence-corrected chi connectivity index (χ0v) is 15.0. The molecule has 4 aromatic rings. The Morgan fingerprint density at radius 1 is 1.19 bits per heavy atom. The van der Waals surface area contributed by atoms with Crippen molar-refractivity contribution in [3.8, 4) is 17.0 Å². The molecule has 0 spiro atoms. The fourth-order valence-electron chi connectivity index (χ4n) is 2.64. The highest BCUT2D eigenvalue weighted by Gasteiger charge is 2.12. The number of thiazole rings is 1. The average molecular weight is 363 g/mol. The number of hydrogen-bond acceptors (Lipinski definition) is 4. The van der Waals surface area contributed by atoms with Gasteiger partial charge in [-0.05, 0) is 25.1 Å². The van der Waals surface area contributed by atoms with Crippen LogP contribution in [0.1, 0.15) is 5.56 Å². The molecule has 0 aliphatic rings. The number of anilines is 1. The smallest absolute Gasteiger partial charge is 0.262 e. The number of hydrogen-bond donors (Lipinski definition) is 1. The first-order valence-electron chi connectivity index (χ1n) is 8.20. The van der Waals surface area contributed by atoms with Gasteiger partial charge in [-0.15, -0.1) is 11.3 Å². The summed E-state index contributed by atoms with van der Waals surface area (Å²) in [6, 6.07) is 15.2. The van der Waals surface area contributed by atoms with Crippen LogP contribution in [0.5, 0.6) is 5.75 Å². The van der Waals surface area contributed by atoms with Gasteiger partial charge in [-0.2, -0.15) is 0 Å². The van der Waals surface area contributed by atoms with Gasteiger partial charge in [0.2, 0.25) is 0 Å². The molecule has 1 N–H and O–H groups in total. The van der Waals surface area contributed by atoms with E-state index in [4.69, 9.17) is 4.74 Å². The number of ether oxygens (including phenoxy) is 1. The molecule has 130 valence electrons. The summed E-state index contributed by atoms with van der Waals surface area (Å²) in [5, 5.41) is 4.91. The van der Waals surface area contributed by atoms with Gasteiger partial charge in [0, 0.05) is 23.3 Å². The number of carbonyl (C=O) groups excluding carboxylic acids is 1. The first kappa shape index (κ1) is 16.4. The minimum Gasteiger partial charge on any atom is -0.484 e. The van der Waals surface area contributed by atoms with E-state index in [2.05, 4.69) is 10.3 Å². The van der Waals surface area contributed by atoms with E-state index >= 15 is 0 Å². The number of aromatic nitrogens is 2. The van der Waals surface area contributed by atoms with Crippen LogP contribution >= 0.6 is 11.3 Å². The van der Waals surface area contributed by atoms with Gasteiger partial charge < -0.3 is 10.1 Å². The van der Waals surface area contributed by atoms with Crippen LogP contribution in [0.15, 0.2) is 66.3 Å². The maximum Gasteiger partial charge on any atom is 0.262 e. The second-order valence-electron chi connectivity index (χ2n) is 5.91. The van der Waals surface area contributed by atoms with Crippen molar-refractivity contribution in [2.45, 2.75) is 6.92 Å². The molecular weight excluding hydrogens is 346 g/mol. The van der Waals surface area contributed by atoms with Crippen molar-refractivity contribution in [3.05, 3.63) is 71.9 Å².